The molecule has 6 nitrogen and oxygen atoms in total. The number of nitrogens with one attached hydrogen (secondary N) is 1. The highest BCUT2D eigenvalue weighted by atomic mass is 32.2. The van der Waals surface area contributed by atoms with Crippen molar-refractivity contribution in [3.8, 4) is 0 Å². The topological polar surface area (TPSA) is 84.7 Å². The van der Waals surface area contributed by atoms with E-state index in [1.54, 1.807) is 7.11 Å². The zero-order valence-corrected chi connectivity index (χ0v) is 12.3. The molecule has 0 atom stereocenters. The van der Waals surface area contributed by atoms with Crippen LogP contribution in [0.5, 0.6) is 0 Å². The SMILES string of the molecule is COC(C)(C)CNS(=O)(=O)N1CCC(CN)CC1. The van der Waals surface area contributed by atoms with Crippen LogP contribution in [0.2, 0.25) is 0 Å². The molecule has 0 radical (unpaired) electrons. The molecular weight excluding hydrogens is 254 g/mol. The van der Waals surface area contributed by atoms with Crippen molar-refractivity contribution in [3.05, 3.63) is 0 Å². The number of rotatable bonds is 6. The molecule has 0 aromatic rings. The predicted octanol–water partition coefficient (Wildman–Crippen LogP) is -0.0835. The molecule has 7 heteroatoms. The second-order valence-electron chi connectivity index (χ2n) is 5.37. The van der Waals surface area contributed by atoms with Gasteiger partial charge in [0.1, 0.15) is 0 Å². The maximum Gasteiger partial charge on any atom is 0.279 e. The number of hydrogen-bond acceptors (Lipinski definition) is 4. The van der Waals surface area contributed by atoms with Gasteiger partial charge in [-0.15, -0.1) is 0 Å². The summed E-state index contributed by atoms with van der Waals surface area (Å²) in [6, 6.07) is 0. The van der Waals surface area contributed by atoms with Gasteiger partial charge in [-0.3, -0.25) is 0 Å². The molecule has 0 amide bonds. The average molecular weight is 279 g/mol. The fourth-order valence-electron chi connectivity index (χ4n) is 1.81. The van der Waals surface area contributed by atoms with E-state index in [4.69, 9.17) is 10.5 Å². The lowest BCUT2D eigenvalue weighted by atomic mass is 9.99. The first-order valence-electron chi connectivity index (χ1n) is 6.30. The lowest BCUT2D eigenvalue weighted by molar-refractivity contribution is 0.0272. The monoisotopic (exact) mass is 279 g/mol. The van der Waals surface area contributed by atoms with Gasteiger partial charge in [0.2, 0.25) is 0 Å². The standard InChI is InChI=1S/C11H25N3O3S/c1-11(2,17-3)9-13-18(15,16)14-6-4-10(8-12)5-7-14/h10,13H,4-9,12H2,1-3H3. The van der Waals surface area contributed by atoms with Crippen LogP contribution >= 0.6 is 0 Å². The maximum absolute atomic E-state index is 12.1. The third-order valence-electron chi connectivity index (χ3n) is 3.48. The van der Waals surface area contributed by atoms with Crippen molar-refractivity contribution in [2.45, 2.75) is 32.3 Å². The van der Waals surface area contributed by atoms with Gasteiger partial charge in [0.25, 0.3) is 10.2 Å². The molecule has 0 aliphatic carbocycles. The van der Waals surface area contributed by atoms with Gasteiger partial charge in [-0.2, -0.15) is 17.4 Å². The predicted molar refractivity (Wildman–Crippen MR) is 71.4 cm³/mol. The number of ether oxygens (including phenoxy) is 1. The normalized spacial score (nSPS) is 20.2. The van der Waals surface area contributed by atoms with E-state index in [9.17, 15) is 8.42 Å². The van der Waals surface area contributed by atoms with Crippen LogP contribution < -0.4 is 10.5 Å². The van der Waals surface area contributed by atoms with E-state index < -0.39 is 15.8 Å². The van der Waals surface area contributed by atoms with Crippen LogP contribution in [0.3, 0.4) is 0 Å². The van der Waals surface area contributed by atoms with Gasteiger partial charge in [0, 0.05) is 26.7 Å². The number of piperidine rings is 1. The summed E-state index contributed by atoms with van der Waals surface area (Å²) in [5, 5.41) is 0. The van der Waals surface area contributed by atoms with E-state index >= 15 is 0 Å². The molecule has 0 spiro atoms. The van der Waals surface area contributed by atoms with Crippen LogP contribution in [0, 0.1) is 5.92 Å². The number of nitrogens with zero attached hydrogens (tertiary/aromatic N) is 1. The highest BCUT2D eigenvalue weighted by Gasteiger charge is 2.29. The molecule has 1 saturated heterocycles. The maximum atomic E-state index is 12.1. The molecule has 108 valence electrons. The summed E-state index contributed by atoms with van der Waals surface area (Å²) in [5.41, 5.74) is 5.09. The van der Waals surface area contributed by atoms with Crippen LogP contribution in [0.15, 0.2) is 0 Å². The molecule has 1 aliphatic rings. The number of hydrogen-bond donors (Lipinski definition) is 2. The quantitative estimate of drug-likeness (QED) is 0.712. The molecule has 18 heavy (non-hydrogen) atoms. The van der Waals surface area contributed by atoms with Gasteiger partial charge in [0.05, 0.1) is 5.60 Å². The molecule has 1 fully saturated rings. The lowest BCUT2D eigenvalue weighted by Gasteiger charge is -2.32. The van der Waals surface area contributed by atoms with Crippen molar-refractivity contribution in [2.24, 2.45) is 11.7 Å². The highest BCUT2D eigenvalue weighted by molar-refractivity contribution is 7.87. The Hall–Kier alpha value is -0.210. The number of nitrogens with two attached hydrogens (primary N) is 1. The Morgan fingerprint density at radius 1 is 1.39 bits per heavy atom. The molecule has 0 aromatic heterocycles. The largest absolute Gasteiger partial charge is 0.377 e. The van der Waals surface area contributed by atoms with Crippen molar-refractivity contribution in [1.29, 1.82) is 0 Å². The van der Waals surface area contributed by atoms with Crippen molar-refractivity contribution in [1.82, 2.24) is 9.03 Å². The smallest absolute Gasteiger partial charge is 0.279 e. The van der Waals surface area contributed by atoms with E-state index in [2.05, 4.69) is 4.72 Å². The molecule has 0 aromatic carbocycles. The summed E-state index contributed by atoms with van der Waals surface area (Å²) < 4.78 is 33.4. The van der Waals surface area contributed by atoms with E-state index in [0.29, 0.717) is 25.6 Å². The van der Waals surface area contributed by atoms with Crippen molar-refractivity contribution >= 4 is 10.2 Å². The van der Waals surface area contributed by atoms with Gasteiger partial charge in [-0.1, -0.05) is 0 Å². The van der Waals surface area contributed by atoms with Crippen LogP contribution in [0.4, 0.5) is 0 Å². The zero-order valence-electron chi connectivity index (χ0n) is 11.5. The van der Waals surface area contributed by atoms with Gasteiger partial charge in [-0.05, 0) is 39.2 Å². The summed E-state index contributed by atoms with van der Waals surface area (Å²) in [6.07, 6.45) is 1.68. The van der Waals surface area contributed by atoms with Crippen LogP contribution in [0.25, 0.3) is 0 Å². The summed E-state index contributed by atoms with van der Waals surface area (Å²) in [4.78, 5) is 0. The first kappa shape index (κ1) is 15.8. The third-order valence-corrected chi connectivity index (χ3v) is 5.03. The Morgan fingerprint density at radius 3 is 2.39 bits per heavy atom. The van der Waals surface area contributed by atoms with Gasteiger partial charge < -0.3 is 10.5 Å². The second kappa shape index (κ2) is 6.29. The van der Waals surface area contributed by atoms with Crippen molar-refractivity contribution in [2.75, 3.05) is 33.3 Å². The third kappa shape index (κ3) is 4.47. The van der Waals surface area contributed by atoms with E-state index in [0.717, 1.165) is 12.8 Å². The van der Waals surface area contributed by atoms with Crippen molar-refractivity contribution in [3.63, 3.8) is 0 Å². The minimum absolute atomic E-state index is 0.267. The molecular formula is C11H25N3O3S. The Bertz CT molecular complexity index is 349. The zero-order chi connectivity index (χ0) is 13.8. The molecule has 1 heterocycles. The van der Waals surface area contributed by atoms with E-state index in [1.807, 2.05) is 13.8 Å². The molecule has 0 bridgehead atoms. The van der Waals surface area contributed by atoms with Gasteiger partial charge >= 0.3 is 0 Å². The molecule has 0 unspecified atom stereocenters. The van der Waals surface area contributed by atoms with E-state index in [-0.39, 0.29) is 6.54 Å². The molecule has 1 aliphatic heterocycles. The van der Waals surface area contributed by atoms with E-state index in [1.165, 1.54) is 4.31 Å². The number of methoxy groups -OCH3 is 1. The van der Waals surface area contributed by atoms with Crippen molar-refractivity contribution < 1.29 is 13.2 Å². The second-order valence-corrected chi connectivity index (χ2v) is 7.12. The molecule has 1 rings (SSSR count). The van der Waals surface area contributed by atoms with Crippen LogP contribution in [0.1, 0.15) is 26.7 Å². The summed E-state index contributed by atoms with van der Waals surface area (Å²) in [7, 11) is -1.83. The average Bonchev–Trinajstić information content (AvgIpc) is 2.37. The van der Waals surface area contributed by atoms with Crippen LogP contribution in [-0.4, -0.2) is 51.6 Å². The molecule has 3 N–H and O–H groups in total. The first-order chi connectivity index (χ1) is 8.30. The minimum atomic E-state index is -3.40. The summed E-state index contributed by atoms with van der Waals surface area (Å²) >= 11 is 0. The Kier molecular flexibility index (Phi) is 5.54. The molecule has 0 saturated carbocycles. The highest BCUT2D eigenvalue weighted by Crippen LogP contribution is 2.18. The lowest BCUT2D eigenvalue weighted by Crippen LogP contribution is -2.49. The minimum Gasteiger partial charge on any atom is -0.377 e. The van der Waals surface area contributed by atoms with Gasteiger partial charge in [-0.25, -0.2) is 0 Å². The Labute approximate surface area is 110 Å². The first-order valence-corrected chi connectivity index (χ1v) is 7.75. The fraction of sp³-hybridized carbons (Fsp3) is 1.00. The fourth-order valence-corrected chi connectivity index (χ4v) is 3.22. The summed E-state index contributed by atoms with van der Waals surface area (Å²) in [5.74, 6) is 0.451. The Balaban J connectivity index is 2.50. The Morgan fingerprint density at radius 2 is 1.94 bits per heavy atom. The van der Waals surface area contributed by atoms with Crippen LogP contribution in [-0.2, 0) is 14.9 Å². The summed E-state index contributed by atoms with van der Waals surface area (Å²) in [6.45, 7) is 5.68. The van der Waals surface area contributed by atoms with Gasteiger partial charge in [0.15, 0.2) is 0 Å².